The minimum absolute atomic E-state index is 0.0158. The lowest BCUT2D eigenvalue weighted by Crippen LogP contribution is -2.27. The van der Waals surface area contributed by atoms with Crippen LogP contribution in [0.1, 0.15) is 30.9 Å². The molecule has 1 unspecified atom stereocenters. The molecule has 26 heavy (non-hydrogen) atoms. The standard InChI is InChI=1S/C17H14ClF3N2O3/c1-3-25-16(24)12-8(2)26-15(23)9(7-22)13(12)14-10(17(19,20)21)5-4-6-11(14)18/h4-6,13H,3,23H2,1-2H3. The van der Waals surface area contributed by atoms with Crippen molar-refractivity contribution in [1.82, 2.24) is 0 Å². The number of nitrogens with zero attached hydrogens (tertiary/aromatic N) is 1. The molecule has 2 N–H and O–H groups in total. The van der Waals surface area contributed by atoms with E-state index in [-0.39, 0.29) is 28.5 Å². The van der Waals surface area contributed by atoms with Gasteiger partial charge in [-0.15, -0.1) is 0 Å². The number of alkyl halides is 3. The van der Waals surface area contributed by atoms with Gasteiger partial charge in [0.25, 0.3) is 0 Å². The first-order valence-corrected chi connectivity index (χ1v) is 7.82. The highest BCUT2D eigenvalue weighted by atomic mass is 35.5. The van der Waals surface area contributed by atoms with Crippen molar-refractivity contribution in [3.8, 4) is 6.07 Å². The van der Waals surface area contributed by atoms with Crippen LogP contribution >= 0.6 is 11.6 Å². The Labute approximate surface area is 152 Å². The number of rotatable bonds is 3. The lowest BCUT2D eigenvalue weighted by atomic mass is 9.80. The average molecular weight is 387 g/mol. The Bertz CT molecular complexity index is 854. The summed E-state index contributed by atoms with van der Waals surface area (Å²) in [7, 11) is 0. The number of benzene rings is 1. The van der Waals surface area contributed by atoms with Crippen molar-refractivity contribution in [2.24, 2.45) is 5.73 Å². The van der Waals surface area contributed by atoms with Crippen LogP contribution in [0, 0.1) is 11.3 Å². The van der Waals surface area contributed by atoms with Crippen molar-refractivity contribution < 1.29 is 27.4 Å². The Morgan fingerprint density at radius 2 is 2.12 bits per heavy atom. The highest BCUT2D eigenvalue weighted by molar-refractivity contribution is 6.31. The first-order valence-electron chi connectivity index (χ1n) is 7.44. The van der Waals surface area contributed by atoms with Gasteiger partial charge < -0.3 is 15.2 Å². The van der Waals surface area contributed by atoms with Gasteiger partial charge in [0.05, 0.1) is 23.7 Å². The van der Waals surface area contributed by atoms with E-state index in [9.17, 15) is 23.2 Å². The van der Waals surface area contributed by atoms with Gasteiger partial charge in [0, 0.05) is 5.02 Å². The minimum atomic E-state index is -4.76. The van der Waals surface area contributed by atoms with Crippen LogP contribution in [0.5, 0.6) is 0 Å². The molecule has 0 amide bonds. The normalized spacial score (nSPS) is 17.7. The molecule has 138 valence electrons. The molecule has 1 aliphatic heterocycles. The highest BCUT2D eigenvalue weighted by Crippen LogP contribution is 2.47. The molecule has 0 spiro atoms. The predicted molar refractivity (Wildman–Crippen MR) is 86.4 cm³/mol. The molecular weight excluding hydrogens is 373 g/mol. The molecule has 1 atom stereocenters. The van der Waals surface area contributed by atoms with Crippen LogP contribution in [0.25, 0.3) is 0 Å². The summed E-state index contributed by atoms with van der Waals surface area (Å²) in [6.45, 7) is 2.88. The number of ether oxygens (including phenoxy) is 2. The second kappa shape index (κ2) is 7.30. The van der Waals surface area contributed by atoms with Gasteiger partial charge in [-0.3, -0.25) is 0 Å². The van der Waals surface area contributed by atoms with Crippen molar-refractivity contribution in [3.63, 3.8) is 0 Å². The highest BCUT2D eigenvalue weighted by Gasteiger charge is 2.43. The number of carbonyl (C=O) groups excluding carboxylic acids is 1. The summed E-state index contributed by atoms with van der Waals surface area (Å²) in [6, 6.07) is 4.91. The third kappa shape index (κ3) is 3.48. The van der Waals surface area contributed by atoms with Crippen molar-refractivity contribution in [2.75, 3.05) is 6.61 Å². The maximum absolute atomic E-state index is 13.5. The molecular formula is C17H14ClF3N2O3. The fourth-order valence-electron chi connectivity index (χ4n) is 2.72. The summed E-state index contributed by atoms with van der Waals surface area (Å²) in [5, 5.41) is 9.16. The zero-order valence-corrected chi connectivity index (χ0v) is 14.5. The quantitative estimate of drug-likeness (QED) is 0.793. The summed E-state index contributed by atoms with van der Waals surface area (Å²) in [4.78, 5) is 12.4. The second-order valence-corrected chi connectivity index (χ2v) is 5.72. The number of carbonyl (C=O) groups is 1. The van der Waals surface area contributed by atoms with Gasteiger partial charge in [0.15, 0.2) is 0 Å². The Balaban J connectivity index is 2.84. The van der Waals surface area contributed by atoms with Crippen LogP contribution < -0.4 is 5.73 Å². The Morgan fingerprint density at radius 3 is 2.65 bits per heavy atom. The van der Waals surface area contributed by atoms with Crippen LogP contribution in [0.2, 0.25) is 5.02 Å². The largest absolute Gasteiger partial charge is 0.463 e. The molecule has 0 saturated heterocycles. The molecule has 1 aromatic carbocycles. The summed E-state index contributed by atoms with van der Waals surface area (Å²) in [5.74, 6) is -2.82. The lowest BCUT2D eigenvalue weighted by Gasteiger charge is -2.29. The molecule has 0 fully saturated rings. The van der Waals surface area contributed by atoms with Crippen LogP contribution in [0.4, 0.5) is 13.2 Å². The second-order valence-electron chi connectivity index (χ2n) is 5.31. The number of esters is 1. The van der Waals surface area contributed by atoms with E-state index < -0.39 is 35.1 Å². The molecule has 5 nitrogen and oxygen atoms in total. The SMILES string of the molecule is CCOC(=O)C1=C(C)OC(N)=C(C#N)C1c1c(Cl)cccc1C(F)(F)F. The Kier molecular flexibility index (Phi) is 5.52. The molecule has 0 aliphatic carbocycles. The summed E-state index contributed by atoms with van der Waals surface area (Å²) in [5.41, 5.74) is 3.55. The van der Waals surface area contributed by atoms with Crippen molar-refractivity contribution >= 4 is 17.6 Å². The van der Waals surface area contributed by atoms with E-state index in [1.807, 2.05) is 0 Å². The maximum atomic E-state index is 13.5. The van der Waals surface area contributed by atoms with Crippen LogP contribution in [-0.4, -0.2) is 12.6 Å². The average Bonchev–Trinajstić information content (AvgIpc) is 2.53. The molecule has 0 saturated carbocycles. The van der Waals surface area contributed by atoms with Crippen molar-refractivity contribution in [2.45, 2.75) is 25.9 Å². The topological polar surface area (TPSA) is 85.3 Å². The smallest absolute Gasteiger partial charge is 0.416 e. The summed E-state index contributed by atoms with van der Waals surface area (Å²) >= 11 is 6.05. The molecule has 1 heterocycles. The minimum Gasteiger partial charge on any atom is -0.463 e. The number of hydrogen-bond acceptors (Lipinski definition) is 5. The lowest BCUT2D eigenvalue weighted by molar-refractivity contribution is -0.140. The Morgan fingerprint density at radius 1 is 1.46 bits per heavy atom. The monoisotopic (exact) mass is 386 g/mol. The molecule has 0 radical (unpaired) electrons. The third-order valence-corrected chi connectivity index (χ3v) is 4.08. The molecule has 0 aromatic heterocycles. The van der Waals surface area contributed by atoms with E-state index in [0.717, 1.165) is 12.1 Å². The molecule has 2 rings (SSSR count). The Hall–Kier alpha value is -2.66. The van der Waals surface area contributed by atoms with E-state index in [1.54, 1.807) is 13.0 Å². The number of allylic oxidation sites excluding steroid dienone is 2. The van der Waals surface area contributed by atoms with E-state index >= 15 is 0 Å². The fourth-order valence-corrected chi connectivity index (χ4v) is 3.00. The van der Waals surface area contributed by atoms with Gasteiger partial charge in [0.1, 0.15) is 17.4 Å². The van der Waals surface area contributed by atoms with Gasteiger partial charge in [-0.25, -0.2) is 4.79 Å². The third-order valence-electron chi connectivity index (χ3n) is 3.75. The van der Waals surface area contributed by atoms with E-state index in [4.69, 9.17) is 26.8 Å². The summed E-state index contributed by atoms with van der Waals surface area (Å²) < 4.78 is 50.7. The number of nitriles is 1. The van der Waals surface area contributed by atoms with Gasteiger partial charge in [-0.1, -0.05) is 17.7 Å². The van der Waals surface area contributed by atoms with Crippen molar-refractivity contribution in [3.05, 3.63) is 57.1 Å². The molecule has 1 aromatic rings. The fraction of sp³-hybridized carbons (Fsp3) is 0.294. The zero-order chi connectivity index (χ0) is 19.6. The van der Waals surface area contributed by atoms with E-state index in [2.05, 4.69) is 0 Å². The van der Waals surface area contributed by atoms with Gasteiger partial charge in [-0.2, -0.15) is 18.4 Å². The van der Waals surface area contributed by atoms with Gasteiger partial charge >= 0.3 is 12.1 Å². The molecule has 0 bridgehead atoms. The van der Waals surface area contributed by atoms with Crippen molar-refractivity contribution in [1.29, 1.82) is 5.26 Å². The first-order chi connectivity index (χ1) is 12.1. The van der Waals surface area contributed by atoms with Gasteiger partial charge in [0.2, 0.25) is 5.88 Å². The van der Waals surface area contributed by atoms with Crippen LogP contribution in [-0.2, 0) is 20.4 Å². The molecule has 9 heteroatoms. The maximum Gasteiger partial charge on any atom is 0.416 e. The zero-order valence-electron chi connectivity index (χ0n) is 13.8. The number of hydrogen-bond donors (Lipinski definition) is 1. The number of halogens is 4. The van der Waals surface area contributed by atoms with Gasteiger partial charge in [-0.05, 0) is 31.5 Å². The van der Waals surface area contributed by atoms with E-state index in [0.29, 0.717) is 0 Å². The van der Waals surface area contributed by atoms with Crippen LogP contribution in [0.3, 0.4) is 0 Å². The van der Waals surface area contributed by atoms with E-state index in [1.165, 1.54) is 13.0 Å². The molecule has 1 aliphatic rings. The first kappa shape index (κ1) is 19.7. The van der Waals surface area contributed by atoms with Crippen LogP contribution in [0.15, 0.2) is 41.0 Å². The summed E-state index contributed by atoms with van der Waals surface area (Å²) in [6.07, 6.45) is -4.76. The number of nitrogens with two attached hydrogens (primary N) is 1. The predicted octanol–water partition coefficient (Wildman–Crippen LogP) is 4.00.